The third-order valence-electron chi connectivity index (χ3n) is 3.67. The number of hydrogen-bond acceptors (Lipinski definition) is 5. The van der Waals surface area contributed by atoms with Gasteiger partial charge in [0.1, 0.15) is 11.5 Å². The van der Waals surface area contributed by atoms with Crippen molar-refractivity contribution in [3.05, 3.63) is 45.3 Å². The molecule has 1 N–H and O–H groups in total. The highest BCUT2D eigenvalue weighted by Gasteiger charge is 2.39. The Morgan fingerprint density at radius 1 is 1.32 bits per heavy atom. The van der Waals surface area contributed by atoms with Crippen molar-refractivity contribution in [2.45, 2.75) is 13.0 Å². The lowest BCUT2D eigenvalue weighted by Gasteiger charge is -2.29. The van der Waals surface area contributed by atoms with Crippen molar-refractivity contribution < 1.29 is 19.2 Å². The maximum absolute atomic E-state index is 12.0. The van der Waals surface area contributed by atoms with Gasteiger partial charge in [0.15, 0.2) is 6.04 Å². The van der Waals surface area contributed by atoms with Crippen molar-refractivity contribution in [1.29, 1.82) is 0 Å². The van der Waals surface area contributed by atoms with Crippen molar-refractivity contribution in [3.63, 3.8) is 0 Å². The van der Waals surface area contributed by atoms with Crippen LogP contribution < -0.4 is 14.8 Å². The second kappa shape index (κ2) is 5.92. The van der Waals surface area contributed by atoms with Crippen molar-refractivity contribution in [2.24, 2.45) is 0 Å². The van der Waals surface area contributed by atoms with Crippen molar-refractivity contribution >= 4 is 6.03 Å². The number of amides is 2. The molecule has 0 bridgehead atoms. The third-order valence-corrected chi connectivity index (χ3v) is 3.67. The molecule has 8 heteroatoms. The van der Waals surface area contributed by atoms with Gasteiger partial charge in [0.05, 0.1) is 24.8 Å². The van der Waals surface area contributed by atoms with E-state index in [0.29, 0.717) is 17.1 Å². The summed E-state index contributed by atoms with van der Waals surface area (Å²) < 4.78 is 10.4. The van der Waals surface area contributed by atoms with Crippen LogP contribution in [0.15, 0.2) is 29.6 Å². The number of hydrogen-bond donors (Lipinski definition) is 1. The summed E-state index contributed by atoms with van der Waals surface area (Å²) in [5, 5.41) is 14.1. The van der Waals surface area contributed by atoms with Crippen LogP contribution in [0.2, 0.25) is 0 Å². The van der Waals surface area contributed by atoms with Crippen LogP contribution in [0.5, 0.6) is 11.5 Å². The molecule has 1 aliphatic rings. The number of allylic oxidation sites excluding steroid dienone is 1. The van der Waals surface area contributed by atoms with Gasteiger partial charge in [-0.15, -0.1) is 0 Å². The fourth-order valence-corrected chi connectivity index (χ4v) is 2.34. The van der Waals surface area contributed by atoms with E-state index in [1.807, 2.05) is 0 Å². The number of rotatable bonds is 4. The number of carbonyl (C=O) groups is 1. The Labute approximate surface area is 127 Å². The van der Waals surface area contributed by atoms with E-state index in [2.05, 4.69) is 5.32 Å². The topological polar surface area (TPSA) is 93.9 Å². The van der Waals surface area contributed by atoms with Crippen LogP contribution in [-0.2, 0) is 0 Å². The molecular weight excluding hydrogens is 290 g/mol. The van der Waals surface area contributed by atoms with E-state index in [1.54, 1.807) is 25.1 Å². The minimum absolute atomic E-state index is 0.0921. The van der Waals surface area contributed by atoms with Crippen LogP contribution in [0.1, 0.15) is 18.5 Å². The zero-order valence-electron chi connectivity index (χ0n) is 12.7. The Morgan fingerprint density at radius 2 is 2.00 bits per heavy atom. The summed E-state index contributed by atoms with van der Waals surface area (Å²) in [6, 6.07) is 3.62. The molecule has 0 spiro atoms. The molecule has 2 amide bonds. The molecule has 0 saturated carbocycles. The van der Waals surface area contributed by atoms with Gasteiger partial charge in [-0.2, -0.15) is 0 Å². The van der Waals surface area contributed by atoms with E-state index < -0.39 is 17.0 Å². The number of nitrogens with one attached hydrogen (secondary N) is 1. The molecule has 0 saturated heterocycles. The second-order valence-corrected chi connectivity index (χ2v) is 4.78. The molecule has 1 aromatic carbocycles. The molecule has 0 fully saturated rings. The average Bonchev–Trinajstić information content (AvgIpc) is 2.51. The SMILES string of the molecule is COc1ccc(C2NC(=O)N(C)C(C)=C2[N+](=O)[O-])c(OC)c1. The normalized spacial score (nSPS) is 18.1. The molecular formula is C14H17N3O5. The number of carbonyl (C=O) groups excluding carboxylic acids is 1. The molecule has 22 heavy (non-hydrogen) atoms. The van der Waals surface area contributed by atoms with Crippen LogP contribution >= 0.6 is 0 Å². The molecule has 1 atom stereocenters. The number of methoxy groups -OCH3 is 2. The minimum Gasteiger partial charge on any atom is -0.497 e. The van der Waals surface area contributed by atoms with Crippen molar-refractivity contribution in [1.82, 2.24) is 10.2 Å². The van der Waals surface area contributed by atoms with Gasteiger partial charge in [0.25, 0.3) is 5.70 Å². The minimum atomic E-state index is -0.889. The highest BCUT2D eigenvalue weighted by Crippen LogP contribution is 2.36. The Morgan fingerprint density at radius 3 is 2.55 bits per heavy atom. The highest BCUT2D eigenvalue weighted by atomic mass is 16.6. The summed E-state index contributed by atoms with van der Waals surface area (Å²) in [6.45, 7) is 1.54. The van der Waals surface area contributed by atoms with E-state index in [0.717, 1.165) is 0 Å². The van der Waals surface area contributed by atoms with Gasteiger partial charge >= 0.3 is 6.03 Å². The predicted octanol–water partition coefficient (Wildman–Crippen LogP) is 1.91. The Kier molecular flexibility index (Phi) is 4.20. The first-order valence-corrected chi connectivity index (χ1v) is 6.52. The van der Waals surface area contributed by atoms with E-state index in [4.69, 9.17) is 9.47 Å². The summed E-state index contributed by atoms with van der Waals surface area (Å²) in [4.78, 5) is 24.1. The molecule has 118 valence electrons. The fourth-order valence-electron chi connectivity index (χ4n) is 2.34. The van der Waals surface area contributed by atoms with Crippen LogP contribution in [0.4, 0.5) is 4.79 Å². The van der Waals surface area contributed by atoms with Crippen molar-refractivity contribution in [3.8, 4) is 11.5 Å². The third kappa shape index (κ3) is 2.54. The second-order valence-electron chi connectivity index (χ2n) is 4.78. The van der Waals surface area contributed by atoms with E-state index in [9.17, 15) is 14.9 Å². The maximum atomic E-state index is 12.0. The quantitative estimate of drug-likeness (QED) is 0.677. The molecule has 1 heterocycles. The highest BCUT2D eigenvalue weighted by molar-refractivity contribution is 5.78. The van der Waals surface area contributed by atoms with Crippen molar-refractivity contribution in [2.75, 3.05) is 21.3 Å². The molecule has 0 aromatic heterocycles. The van der Waals surface area contributed by atoms with E-state index >= 15 is 0 Å². The number of ether oxygens (including phenoxy) is 2. The largest absolute Gasteiger partial charge is 0.497 e. The van der Waals surface area contributed by atoms with Gasteiger partial charge in [0.2, 0.25) is 0 Å². The first kappa shape index (κ1) is 15.6. The number of nitro groups is 1. The summed E-state index contributed by atoms with van der Waals surface area (Å²) in [6.07, 6.45) is 0. The molecule has 1 unspecified atom stereocenters. The molecule has 8 nitrogen and oxygen atoms in total. The Balaban J connectivity index is 2.59. The van der Waals surface area contributed by atoms with Gasteiger partial charge in [-0.25, -0.2) is 4.79 Å². The number of urea groups is 1. The molecule has 1 aliphatic heterocycles. The standard InChI is InChI=1S/C14H17N3O5/c1-8-13(17(19)20)12(15-14(18)16(8)2)10-6-5-9(21-3)7-11(10)22-4/h5-7,12H,1-4H3,(H,15,18). The van der Waals surface area contributed by atoms with Crippen LogP contribution in [0, 0.1) is 10.1 Å². The molecule has 2 rings (SSSR count). The summed E-state index contributed by atoms with van der Waals surface area (Å²) in [7, 11) is 4.45. The fraction of sp³-hybridized carbons (Fsp3) is 0.357. The van der Waals surface area contributed by atoms with Crippen LogP contribution in [0.3, 0.4) is 0 Å². The smallest absolute Gasteiger partial charge is 0.322 e. The Bertz CT molecular complexity index is 656. The summed E-state index contributed by atoms with van der Waals surface area (Å²) in [5.41, 5.74) is 0.693. The Hall–Kier alpha value is -2.77. The predicted molar refractivity (Wildman–Crippen MR) is 78.3 cm³/mol. The molecule has 0 aliphatic carbocycles. The number of benzene rings is 1. The van der Waals surface area contributed by atoms with Crippen LogP contribution in [0.25, 0.3) is 0 Å². The first-order chi connectivity index (χ1) is 10.4. The van der Waals surface area contributed by atoms with E-state index in [1.165, 1.54) is 26.2 Å². The average molecular weight is 307 g/mol. The molecule has 1 aromatic rings. The van der Waals surface area contributed by atoms with Gasteiger partial charge in [-0.3, -0.25) is 15.0 Å². The summed E-state index contributed by atoms with van der Waals surface area (Å²) in [5.74, 6) is 0.963. The van der Waals surface area contributed by atoms with Gasteiger partial charge in [-0.1, -0.05) is 0 Å². The van der Waals surface area contributed by atoms with E-state index in [-0.39, 0.29) is 11.4 Å². The van der Waals surface area contributed by atoms with Gasteiger partial charge in [-0.05, 0) is 19.1 Å². The lowest BCUT2D eigenvalue weighted by Crippen LogP contribution is -2.46. The maximum Gasteiger partial charge on any atom is 0.322 e. The number of nitrogens with zero attached hydrogens (tertiary/aromatic N) is 2. The lowest BCUT2D eigenvalue weighted by atomic mass is 9.99. The zero-order chi connectivity index (χ0) is 16.4. The first-order valence-electron chi connectivity index (χ1n) is 6.52. The van der Waals surface area contributed by atoms with Gasteiger partial charge < -0.3 is 14.8 Å². The lowest BCUT2D eigenvalue weighted by molar-refractivity contribution is -0.433. The van der Waals surface area contributed by atoms with Gasteiger partial charge in [0, 0.05) is 18.7 Å². The van der Waals surface area contributed by atoms with Crippen LogP contribution in [-0.4, -0.2) is 37.1 Å². The molecule has 0 radical (unpaired) electrons. The summed E-state index contributed by atoms with van der Waals surface area (Å²) >= 11 is 0. The zero-order valence-corrected chi connectivity index (χ0v) is 12.7. The monoisotopic (exact) mass is 307 g/mol.